The molecule has 1 amide bonds. The third-order valence-electron chi connectivity index (χ3n) is 1.93. The van der Waals surface area contributed by atoms with E-state index in [2.05, 4.69) is 10.4 Å². The van der Waals surface area contributed by atoms with Gasteiger partial charge in [-0.3, -0.25) is 9.48 Å². The molecule has 1 N–H and O–H groups in total. The van der Waals surface area contributed by atoms with Gasteiger partial charge in [0.25, 0.3) is 5.91 Å². The maximum absolute atomic E-state index is 11.5. The molecule has 0 saturated heterocycles. The molecule has 0 aromatic carbocycles. The topological polar surface area (TPSA) is 73.2 Å². The van der Waals surface area contributed by atoms with Crippen molar-refractivity contribution < 1.29 is 14.3 Å². The van der Waals surface area contributed by atoms with Crippen molar-refractivity contribution in [3.05, 3.63) is 17.5 Å². The predicted octanol–water partition coefficient (Wildman–Crippen LogP) is 0.346. The Balaban J connectivity index is 2.89. The number of carbonyl (C=O) groups is 2. The molecule has 0 aliphatic carbocycles. The molecule has 88 valence electrons. The molecule has 1 rings (SSSR count). The van der Waals surface area contributed by atoms with E-state index in [1.165, 1.54) is 10.7 Å². The van der Waals surface area contributed by atoms with Gasteiger partial charge in [-0.2, -0.15) is 5.10 Å². The van der Waals surface area contributed by atoms with Crippen molar-refractivity contribution in [1.29, 1.82) is 0 Å². The van der Waals surface area contributed by atoms with Crippen LogP contribution in [0.15, 0.2) is 6.07 Å². The Kier molecular flexibility index (Phi) is 4.04. The van der Waals surface area contributed by atoms with E-state index in [0.29, 0.717) is 13.2 Å². The first-order valence-electron chi connectivity index (χ1n) is 5.09. The summed E-state index contributed by atoms with van der Waals surface area (Å²) in [7, 11) is 1.59. The lowest BCUT2D eigenvalue weighted by molar-refractivity contribution is 0.0513. The molecule has 0 aliphatic rings. The highest BCUT2D eigenvalue weighted by Gasteiger charge is 2.17. The van der Waals surface area contributed by atoms with Gasteiger partial charge >= 0.3 is 5.97 Å². The number of aryl methyl sites for hydroxylation is 1. The van der Waals surface area contributed by atoms with Gasteiger partial charge in [-0.15, -0.1) is 0 Å². The van der Waals surface area contributed by atoms with E-state index in [9.17, 15) is 9.59 Å². The lowest BCUT2D eigenvalue weighted by Gasteiger charge is -1.99. The average molecular weight is 225 g/mol. The monoisotopic (exact) mass is 225 g/mol. The van der Waals surface area contributed by atoms with Gasteiger partial charge in [-0.1, -0.05) is 0 Å². The van der Waals surface area contributed by atoms with E-state index < -0.39 is 5.97 Å². The maximum Gasteiger partial charge on any atom is 0.356 e. The van der Waals surface area contributed by atoms with Crippen LogP contribution in [0.4, 0.5) is 0 Å². The number of carbonyl (C=O) groups excluding carboxylic acids is 2. The summed E-state index contributed by atoms with van der Waals surface area (Å²) in [5.74, 6) is -0.776. The van der Waals surface area contributed by atoms with Crippen LogP contribution in [0.1, 0.15) is 34.8 Å². The molecule has 6 heteroatoms. The number of hydrogen-bond acceptors (Lipinski definition) is 4. The molecule has 16 heavy (non-hydrogen) atoms. The quantitative estimate of drug-likeness (QED) is 0.750. The average Bonchev–Trinajstić information content (AvgIpc) is 2.61. The van der Waals surface area contributed by atoms with Crippen LogP contribution in [-0.2, 0) is 11.8 Å². The van der Waals surface area contributed by atoms with Crippen LogP contribution >= 0.6 is 0 Å². The molecule has 0 aliphatic heterocycles. The van der Waals surface area contributed by atoms with Crippen LogP contribution in [0.3, 0.4) is 0 Å². The second-order valence-corrected chi connectivity index (χ2v) is 3.12. The summed E-state index contributed by atoms with van der Waals surface area (Å²) in [6, 6.07) is 1.42. The number of hydrogen-bond donors (Lipinski definition) is 1. The number of ether oxygens (including phenoxy) is 1. The normalized spacial score (nSPS) is 9.94. The Bertz CT molecular complexity index is 398. The highest BCUT2D eigenvalue weighted by molar-refractivity contribution is 5.95. The van der Waals surface area contributed by atoms with Crippen LogP contribution < -0.4 is 5.32 Å². The van der Waals surface area contributed by atoms with Crippen LogP contribution in [0, 0.1) is 0 Å². The van der Waals surface area contributed by atoms with Crippen molar-refractivity contribution in [2.45, 2.75) is 13.8 Å². The minimum atomic E-state index is -0.479. The van der Waals surface area contributed by atoms with E-state index in [4.69, 9.17) is 4.74 Å². The SMILES string of the molecule is CCNC(=O)c1cc(C(=O)OCC)n(C)n1. The zero-order chi connectivity index (χ0) is 12.1. The predicted molar refractivity (Wildman–Crippen MR) is 57.2 cm³/mol. The highest BCUT2D eigenvalue weighted by atomic mass is 16.5. The fraction of sp³-hybridized carbons (Fsp3) is 0.500. The number of amides is 1. The first-order chi connectivity index (χ1) is 7.60. The van der Waals surface area contributed by atoms with Gasteiger partial charge in [-0.05, 0) is 13.8 Å². The van der Waals surface area contributed by atoms with Crippen molar-refractivity contribution in [3.8, 4) is 0 Å². The summed E-state index contributed by atoms with van der Waals surface area (Å²) in [6.45, 7) is 4.34. The molecule has 1 heterocycles. The molecule has 0 atom stereocenters. The van der Waals surface area contributed by atoms with Crippen molar-refractivity contribution in [2.24, 2.45) is 7.05 Å². The lowest BCUT2D eigenvalue weighted by Crippen LogP contribution is -2.23. The molecule has 0 fully saturated rings. The molecule has 0 spiro atoms. The Morgan fingerprint density at radius 3 is 2.75 bits per heavy atom. The van der Waals surface area contributed by atoms with E-state index in [-0.39, 0.29) is 17.3 Å². The Morgan fingerprint density at radius 2 is 2.19 bits per heavy atom. The molecule has 0 saturated carbocycles. The maximum atomic E-state index is 11.5. The third-order valence-corrected chi connectivity index (χ3v) is 1.93. The first kappa shape index (κ1) is 12.2. The van der Waals surface area contributed by atoms with Gasteiger partial charge in [0.05, 0.1) is 6.61 Å². The number of aromatic nitrogens is 2. The van der Waals surface area contributed by atoms with E-state index in [1.54, 1.807) is 14.0 Å². The molecular weight excluding hydrogens is 210 g/mol. The smallest absolute Gasteiger partial charge is 0.356 e. The molecule has 1 aromatic rings. The van der Waals surface area contributed by atoms with E-state index >= 15 is 0 Å². The van der Waals surface area contributed by atoms with Crippen molar-refractivity contribution in [2.75, 3.05) is 13.2 Å². The van der Waals surface area contributed by atoms with E-state index in [0.717, 1.165) is 0 Å². The third kappa shape index (κ3) is 2.59. The summed E-state index contributed by atoms with van der Waals surface area (Å²) in [5.41, 5.74) is 0.482. The molecule has 0 radical (unpaired) electrons. The second kappa shape index (κ2) is 5.29. The standard InChI is InChI=1S/C10H15N3O3/c1-4-11-9(14)7-6-8(13(3)12-7)10(15)16-5-2/h6H,4-5H2,1-3H3,(H,11,14). The van der Waals surface area contributed by atoms with Crippen molar-refractivity contribution in [1.82, 2.24) is 15.1 Å². The number of nitrogens with zero attached hydrogens (tertiary/aromatic N) is 2. The molecule has 0 unspecified atom stereocenters. The van der Waals surface area contributed by atoms with Crippen molar-refractivity contribution >= 4 is 11.9 Å². The largest absolute Gasteiger partial charge is 0.461 e. The molecule has 1 aromatic heterocycles. The Labute approximate surface area is 93.6 Å². The van der Waals surface area contributed by atoms with Gasteiger partial charge in [0, 0.05) is 19.7 Å². The first-order valence-corrected chi connectivity index (χ1v) is 5.09. The summed E-state index contributed by atoms with van der Waals surface area (Å²) in [4.78, 5) is 22.9. The summed E-state index contributed by atoms with van der Waals surface area (Å²) < 4.78 is 6.17. The van der Waals surface area contributed by atoms with Crippen molar-refractivity contribution in [3.63, 3.8) is 0 Å². The van der Waals surface area contributed by atoms with Crippen LogP contribution in [-0.4, -0.2) is 34.8 Å². The second-order valence-electron chi connectivity index (χ2n) is 3.12. The number of esters is 1. The molecule has 0 bridgehead atoms. The van der Waals surface area contributed by atoms with Gasteiger partial charge < -0.3 is 10.1 Å². The Hall–Kier alpha value is -1.85. The van der Waals surface area contributed by atoms with Crippen LogP contribution in [0.5, 0.6) is 0 Å². The van der Waals surface area contributed by atoms with Gasteiger partial charge in [0.2, 0.25) is 0 Å². The number of nitrogens with one attached hydrogen (secondary N) is 1. The molecular formula is C10H15N3O3. The Morgan fingerprint density at radius 1 is 1.50 bits per heavy atom. The fourth-order valence-electron chi connectivity index (χ4n) is 1.23. The highest BCUT2D eigenvalue weighted by Crippen LogP contribution is 2.05. The van der Waals surface area contributed by atoms with Crippen LogP contribution in [0.2, 0.25) is 0 Å². The fourth-order valence-corrected chi connectivity index (χ4v) is 1.23. The van der Waals surface area contributed by atoms with Gasteiger partial charge in [-0.25, -0.2) is 4.79 Å². The summed E-state index contributed by atoms with van der Waals surface area (Å²) >= 11 is 0. The summed E-state index contributed by atoms with van der Waals surface area (Å²) in [6.07, 6.45) is 0. The van der Waals surface area contributed by atoms with Gasteiger partial charge in [0.1, 0.15) is 5.69 Å². The zero-order valence-electron chi connectivity index (χ0n) is 9.61. The van der Waals surface area contributed by atoms with Crippen LogP contribution in [0.25, 0.3) is 0 Å². The van der Waals surface area contributed by atoms with Gasteiger partial charge in [0.15, 0.2) is 5.69 Å². The van der Waals surface area contributed by atoms with E-state index in [1.807, 2.05) is 6.92 Å². The minimum Gasteiger partial charge on any atom is -0.461 e. The summed E-state index contributed by atoms with van der Waals surface area (Å²) in [5, 5.41) is 6.54. The number of rotatable bonds is 4. The zero-order valence-corrected chi connectivity index (χ0v) is 9.61. The molecule has 6 nitrogen and oxygen atoms in total. The lowest BCUT2D eigenvalue weighted by atomic mass is 10.3. The minimum absolute atomic E-state index is 0.215.